The third-order valence-electron chi connectivity index (χ3n) is 8.34. The molecule has 1 aromatic rings. The number of rotatable bonds is 4. The number of guanidine groups is 2. The number of carbonyl (C=O) groups is 3. The number of ether oxygens (including phenoxy) is 1. The van der Waals surface area contributed by atoms with Crippen molar-refractivity contribution in [2.24, 2.45) is 0 Å². The van der Waals surface area contributed by atoms with Crippen molar-refractivity contribution in [1.29, 1.82) is 10.8 Å². The molecule has 5 aliphatic heterocycles. The molecule has 38 heavy (non-hydrogen) atoms. The number of nitrogens with one attached hydrogen (secondary N) is 5. The normalized spacial score (nSPS) is 33.6. The molecule has 3 amide bonds. The molecule has 5 atom stereocenters. The van der Waals surface area contributed by atoms with Crippen LogP contribution in [0.15, 0.2) is 30.3 Å². The number of hydrogen-bond acceptors (Lipinski definition) is 8. The number of benzene rings is 1. The summed E-state index contributed by atoms with van der Waals surface area (Å²) in [7, 11) is 0. The molecule has 1 spiro atoms. The second kappa shape index (κ2) is 8.56. The van der Waals surface area contributed by atoms with Crippen molar-refractivity contribution in [3.63, 3.8) is 0 Å². The summed E-state index contributed by atoms with van der Waals surface area (Å²) in [6.07, 6.45) is -1.21. The van der Waals surface area contributed by atoms with E-state index in [-0.39, 0.29) is 55.6 Å². The van der Waals surface area contributed by atoms with Crippen molar-refractivity contribution >= 4 is 29.8 Å². The van der Waals surface area contributed by atoms with Gasteiger partial charge in [0.1, 0.15) is 0 Å². The first-order valence-corrected chi connectivity index (χ1v) is 12.7. The number of aliphatic hydroxyl groups is 2. The first-order valence-electron chi connectivity index (χ1n) is 12.7. The third kappa shape index (κ3) is 3.50. The Bertz CT molecular complexity index is 1190. The van der Waals surface area contributed by atoms with Gasteiger partial charge in [0, 0.05) is 31.8 Å². The van der Waals surface area contributed by atoms with Crippen LogP contribution >= 0.6 is 0 Å². The number of likely N-dealkylation sites (tertiary alicyclic amines) is 2. The lowest BCUT2D eigenvalue weighted by atomic mass is 9.85. The summed E-state index contributed by atoms with van der Waals surface area (Å²) in [5, 5.41) is 48.3. The Labute approximate surface area is 217 Å². The standard InChI is InChI=1S/C24H30N8O6/c25-20-28-19-15(11-31-17(33)6-7-18(31)34)27-21(26)32-12-16(24(36,37)23(19,32)29-20)38-22(35)30-9-8-14(10-30)13-4-2-1-3-5-13/h1-5,14-16,19,36-37H,6-12H2,(H2,26,27)(H3,25,28,29)/t14?,15-,16-,19-,23-/m0/s1. The summed E-state index contributed by atoms with van der Waals surface area (Å²) in [6.45, 7) is 0.525. The Morgan fingerprint density at radius 3 is 2.50 bits per heavy atom. The van der Waals surface area contributed by atoms with E-state index in [4.69, 9.17) is 15.6 Å². The molecule has 5 heterocycles. The van der Waals surface area contributed by atoms with E-state index in [0.29, 0.717) is 13.1 Å². The summed E-state index contributed by atoms with van der Waals surface area (Å²) in [5.74, 6) is -3.73. The SMILES string of the molecule is N=C1N[C@H]2[C@H](CN3C(=O)CCC3=O)NC(=N)N3C[C@H](OC(=O)N4CCC(c5ccccc5)C4)C(O)(O)[C@]23N1. The highest BCUT2D eigenvalue weighted by atomic mass is 16.6. The molecule has 5 saturated heterocycles. The van der Waals surface area contributed by atoms with Crippen LogP contribution in [-0.2, 0) is 14.3 Å². The first-order chi connectivity index (χ1) is 18.1. The van der Waals surface area contributed by atoms with E-state index in [2.05, 4.69) is 16.0 Å². The molecule has 0 radical (unpaired) electrons. The largest absolute Gasteiger partial charge is 0.438 e. The van der Waals surface area contributed by atoms with Crippen LogP contribution in [0.3, 0.4) is 0 Å². The molecule has 202 valence electrons. The van der Waals surface area contributed by atoms with Gasteiger partial charge >= 0.3 is 6.09 Å². The fourth-order valence-corrected chi connectivity index (χ4v) is 6.41. The fraction of sp³-hybridized carbons (Fsp3) is 0.542. The quantitative estimate of drug-likeness (QED) is 0.174. The average Bonchev–Trinajstić information content (AvgIpc) is 3.64. The molecule has 7 N–H and O–H groups in total. The van der Waals surface area contributed by atoms with Gasteiger partial charge in [0.15, 0.2) is 23.7 Å². The minimum atomic E-state index is -2.73. The van der Waals surface area contributed by atoms with Crippen molar-refractivity contribution in [2.45, 2.75) is 54.8 Å². The van der Waals surface area contributed by atoms with Crippen molar-refractivity contribution in [1.82, 2.24) is 30.7 Å². The zero-order valence-corrected chi connectivity index (χ0v) is 20.5. The lowest BCUT2D eigenvalue weighted by Gasteiger charge is -2.51. The highest BCUT2D eigenvalue weighted by Gasteiger charge is 2.75. The molecule has 6 rings (SSSR count). The molecular weight excluding hydrogens is 496 g/mol. The van der Waals surface area contributed by atoms with Gasteiger partial charge in [-0.2, -0.15) is 0 Å². The van der Waals surface area contributed by atoms with Crippen LogP contribution in [0.2, 0.25) is 0 Å². The molecule has 5 aliphatic rings. The number of nitrogens with zero attached hydrogens (tertiary/aromatic N) is 3. The summed E-state index contributed by atoms with van der Waals surface area (Å²) in [4.78, 5) is 41.5. The molecule has 0 bridgehead atoms. The maximum atomic E-state index is 13.1. The smallest absolute Gasteiger partial charge is 0.410 e. The van der Waals surface area contributed by atoms with Gasteiger partial charge in [-0.15, -0.1) is 0 Å². The van der Waals surface area contributed by atoms with Crippen molar-refractivity contribution in [3.05, 3.63) is 35.9 Å². The molecule has 0 saturated carbocycles. The molecule has 14 nitrogen and oxygen atoms in total. The average molecular weight is 527 g/mol. The van der Waals surface area contributed by atoms with Gasteiger partial charge in [0.05, 0.1) is 25.2 Å². The van der Waals surface area contributed by atoms with Gasteiger partial charge in [-0.05, 0) is 12.0 Å². The van der Waals surface area contributed by atoms with Crippen LogP contribution in [0.1, 0.15) is 30.7 Å². The Kier molecular flexibility index (Phi) is 5.50. The topological polar surface area (TPSA) is 194 Å². The Balaban J connectivity index is 1.22. The van der Waals surface area contributed by atoms with Gasteiger partial charge in [-0.25, -0.2) is 4.79 Å². The number of imide groups is 1. The Morgan fingerprint density at radius 2 is 1.79 bits per heavy atom. The highest BCUT2D eigenvalue weighted by molar-refractivity contribution is 6.02. The van der Waals surface area contributed by atoms with Gasteiger partial charge in [-0.1, -0.05) is 30.3 Å². The third-order valence-corrected chi connectivity index (χ3v) is 8.34. The monoisotopic (exact) mass is 526 g/mol. The van der Waals surface area contributed by atoms with Crippen molar-refractivity contribution < 1.29 is 29.3 Å². The Hall–Kier alpha value is -3.91. The van der Waals surface area contributed by atoms with Crippen LogP contribution in [0, 0.1) is 10.8 Å². The van der Waals surface area contributed by atoms with Crippen LogP contribution in [0.5, 0.6) is 0 Å². The van der Waals surface area contributed by atoms with E-state index in [0.717, 1.165) is 16.9 Å². The minimum Gasteiger partial charge on any atom is -0.438 e. The minimum absolute atomic E-state index is 0.0933. The van der Waals surface area contributed by atoms with E-state index >= 15 is 0 Å². The van der Waals surface area contributed by atoms with E-state index < -0.39 is 35.7 Å². The number of hydrogen-bond donors (Lipinski definition) is 7. The van der Waals surface area contributed by atoms with E-state index in [1.165, 1.54) is 9.80 Å². The number of amides is 3. The maximum Gasteiger partial charge on any atom is 0.410 e. The molecular formula is C24H30N8O6. The number of carbonyl (C=O) groups excluding carboxylic acids is 3. The molecule has 0 aliphatic carbocycles. The predicted octanol–water partition coefficient (Wildman–Crippen LogP) is -1.77. The van der Waals surface area contributed by atoms with Crippen LogP contribution in [0.25, 0.3) is 0 Å². The summed E-state index contributed by atoms with van der Waals surface area (Å²) in [5.41, 5.74) is -0.743. The predicted molar refractivity (Wildman–Crippen MR) is 131 cm³/mol. The first kappa shape index (κ1) is 24.4. The highest BCUT2D eigenvalue weighted by Crippen LogP contribution is 2.44. The molecule has 5 fully saturated rings. The lowest BCUT2D eigenvalue weighted by Crippen LogP contribution is -2.81. The Morgan fingerprint density at radius 1 is 1.08 bits per heavy atom. The second-order valence-electron chi connectivity index (χ2n) is 10.4. The molecule has 14 heteroatoms. The molecule has 1 aromatic carbocycles. The zero-order valence-electron chi connectivity index (χ0n) is 20.5. The van der Waals surface area contributed by atoms with Crippen LogP contribution in [-0.4, -0.2) is 111 Å². The summed E-state index contributed by atoms with van der Waals surface area (Å²) in [6, 6.07) is 8.05. The van der Waals surface area contributed by atoms with E-state index in [1.807, 2.05) is 30.3 Å². The molecule has 0 aromatic heterocycles. The van der Waals surface area contributed by atoms with Gasteiger partial charge < -0.3 is 40.7 Å². The van der Waals surface area contributed by atoms with Crippen molar-refractivity contribution in [3.8, 4) is 0 Å². The summed E-state index contributed by atoms with van der Waals surface area (Å²) >= 11 is 0. The van der Waals surface area contributed by atoms with E-state index in [1.54, 1.807) is 0 Å². The maximum absolute atomic E-state index is 13.1. The van der Waals surface area contributed by atoms with Gasteiger partial charge in [0.2, 0.25) is 17.6 Å². The van der Waals surface area contributed by atoms with Crippen molar-refractivity contribution in [2.75, 3.05) is 26.2 Å². The van der Waals surface area contributed by atoms with Crippen LogP contribution < -0.4 is 16.0 Å². The summed E-state index contributed by atoms with van der Waals surface area (Å²) < 4.78 is 5.64. The molecule has 1 unspecified atom stereocenters. The fourth-order valence-electron chi connectivity index (χ4n) is 6.41. The second-order valence-corrected chi connectivity index (χ2v) is 10.4. The van der Waals surface area contributed by atoms with Crippen LogP contribution in [0.4, 0.5) is 4.79 Å². The van der Waals surface area contributed by atoms with Gasteiger partial charge in [0.25, 0.3) is 0 Å². The van der Waals surface area contributed by atoms with Gasteiger partial charge in [-0.3, -0.25) is 25.3 Å². The lowest BCUT2D eigenvalue weighted by molar-refractivity contribution is -0.258. The zero-order chi connectivity index (χ0) is 26.8. The van der Waals surface area contributed by atoms with E-state index in [9.17, 15) is 24.6 Å².